The molecule has 6 rings (SSSR count). The number of aliphatic imine (C=N–C) groups is 1. The number of aliphatic carboxylic acids is 1. The van der Waals surface area contributed by atoms with Gasteiger partial charge in [0.1, 0.15) is 11.7 Å². The maximum Gasteiger partial charge on any atom is 0.309 e. The van der Waals surface area contributed by atoms with Gasteiger partial charge in [0, 0.05) is 26.2 Å². The molecule has 2 N–H and O–H groups in total. The van der Waals surface area contributed by atoms with Crippen molar-refractivity contribution in [1.29, 1.82) is 5.26 Å². The highest BCUT2D eigenvalue weighted by atomic mass is 35.5. The summed E-state index contributed by atoms with van der Waals surface area (Å²) in [7, 11) is 0. The second-order valence-corrected chi connectivity index (χ2v) is 11.8. The molecule has 0 amide bonds. The van der Waals surface area contributed by atoms with Gasteiger partial charge in [0.2, 0.25) is 0 Å². The third kappa shape index (κ3) is 4.27. The van der Waals surface area contributed by atoms with Crippen LogP contribution in [0, 0.1) is 40.4 Å². The van der Waals surface area contributed by atoms with E-state index in [0.717, 1.165) is 51.1 Å². The molecule has 0 spiro atoms. The standard InChI is InChI=1S/C26H33ClFN5O2/c1-25(2,33-7-5-32(6-8-33)21-4-3-19(28)11-20(21)27)23(30-15-29)31-22-17-9-16-10-18(22)14-26(12-16,13-17)24(34)35/h3-4,11,16-18,22H,5-10,12-14H2,1-2H3,(H,30,31)(H,34,35). The smallest absolute Gasteiger partial charge is 0.309 e. The fourth-order valence-electron chi connectivity index (χ4n) is 7.41. The van der Waals surface area contributed by atoms with E-state index >= 15 is 0 Å². The van der Waals surface area contributed by atoms with Crippen LogP contribution in [0.1, 0.15) is 46.0 Å². The molecule has 1 aromatic carbocycles. The van der Waals surface area contributed by atoms with Crippen molar-refractivity contribution in [2.24, 2.45) is 28.2 Å². The maximum absolute atomic E-state index is 13.5. The number of nitrogens with one attached hydrogen (secondary N) is 1. The van der Waals surface area contributed by atoms with Crippen molar-refractivity contribution in [3.63, 3.8) is 0 Å². The van der Waals surface area contributed by atoms with E-state index in [9.17, 15) is 19.6 Å². The highest BCUT2D eigenvalue weighted by Crippen LogP contribution is 2.61. The summed E-state index contributed by atoms with van der Waals surface area (Å²) >= 11 is 6.28. The first-order chi connectivity index (χ1) is 16.6. The summed E-state index contributed by atoms with van der Waals surface area (Å²) in [6.07, 6.45) is 6.37. The second kappa shape index (κ2) is 8.94. The Morgan fingerprint density at radius 3 is 2.46 bits per heavy atom. The summed E-state index contributed by atoms with van der Waals surface area (Å²) in [5.74, 6) is 0.689. The van der Waals surface area contributed by atoms with Crippen LogP contribution >= 0.6 is 11.6 Å². The molecule has 5 fully saturated rings. The lowest BCUT2D eigenvalue weighted by Gasteiger charge is -2.57. The number of nitrogens with zero attached hydrogens (tertiary/aromatic N) is 4. The van der Waals surface area contributed by atoms with E-state index in [1.54, 1.807) is 6.07 Å². The van der Waals surface area contributed by atoms with E-state index in [1.807, 2.05) is 0 Å². The third-order valence-corrected chi connectivity index (χ3v) is 9.33. The van der Waals surface area contributed by atoms with Gasteiger partial charge in [-0.05, 0) is 81.9 Å². The first-order valence-corrected chi connectivity index (χ1v) is 12.9. The lowest BCUT2D eigenvalue weighted by atomic mass is 9.48. The van der Waals surface area contributed by atoms with Crippen LogP contribution in [0.4, 0.5) is 10.1 Å². The number of halogens is 2. The van der Waals surface area contributed by atoms with E-state index in [2.05, 4.69) is 35.2 Å². The Hall–Kier alpha value is -2.37. The molecule has 2 unspecified atom stereocenters. The minimum absolute atomic E-state index is 0.0634. The highest BCUT2D eigenvalue weighted by molar-refractivity contribution is 6.33. The number of carboxylic acids is 1. The molecule has 1 saturated heterocycles. The number of anilines is 1. The molecule has 188 valence electrons. The zero-order valence-electron chi connectivity index (χ0n) is 20.3. The van der Waals surface area contributed by atoms with Crippen molar-refractivity contribution < 1.29 is 14.3 Å². The first-order valence-electron chi connectivity index (χ1n) is 12.5. The van der Waals surface area contributed by atoms with Crippen molar-refractivity contribution in [2.45, 2.75) is 57.5 Å². The molecular formula is C26H33ClFN5O2. The van der Waals surface area contributed by atoms with Crippen LogP contribution in [0.5, 0.6) is 0 Å². The van der Waals surface area contributed by atoms with Crippen LogP contribution in [-0.4, -0.2) is 59.6 Å². The Kier molecular flexibility index (Phi) is 6.21. The number of carboxylic acid groups (broad SMARTS) is 1. The van der Waals surface area contributed by atoms with Gasteiger partial charge in [-0.1, -0.05) is 11.6 Å². The molecule has 2 atom stereocenters. The molecule has 4 saturated carbocycles. The third-order valence-electron chi connectivity index (χ3n) is 9.03. The van der Waals surface area contributed by atoms with Gasteiger partial charge in [-0.2, -0.15) is 5.26 Å². The van der Waals surface area contributed by atoms with Gasteiger partial charge < -0.3 is 10.0 Å². The number of nitriles is 1. The Morgan fingerprint density at radius 2 is 1.89 bits per heavy atom. The van der Waals surface area contributed by atoms with Crippen LogP contribution in [0.3, 0.4) is 0 Å². The summed E-state index contributed by atoms with van der Waals surface area (Å²) in [4.78, 5) is 21.7. The summed E-state index contributed by atoms with van der Waals surface area (Å²) in [5.41, 5.74) is -0.234. The number of hydrogen-bond donors (Lipinski definition) is 2. The minimum atomic E-state index is -0.644. The molecule has 7 nitrogen and oxygen atoms in total. The number of benzene rings is 1. The lowest BCUT2D eigenvalue weighted by molar-refractivity contribution is -0.166. The molecule has 1 aliphatic heterocycles. The fourth-order valence-corrected chi connectivity index (χ4v) is 7.70. The monoisotopic (exact) mass is 501 g/mol. The van der Waals surface area contributed by atoms with Crippen molar-refractivity contribution >= 4 is 29.1 Å². The zero-order valence-corrected chi connectivity index (χ0v) is 21.1. The summed E-state index contributed by atoms with van der Waals surface area (Å²) in [6, 6.07) is 4.56. The Balaban J connectivity index is 1.33. The number of carbonyl (C=O) groups is 1. The molecule has 5 aliphatic rings. The van der Waals surface area contributed by atoms with E-state index in [1.165, 1.54) is 12.1 Å². The van der Waals surface area contributed by atoms with Crippen molar-refractivity contribution in [3.8, 4) is 6.19 Å². The van der Waals surface area contributed by atoms with Crippen LogP contribution < -0.4 is 10.2 Å². The van der Waals surface area contributed by atoms with E-state index in [0.29, 0.717) is 29.6 Å². The number of amidine groups is 1. The van der Waals surface area contributed by atoms with Gasteiger partial charge >= 0.3 is 5.97 Å². The topological polar surface area (TPSA) is 92.0 Å². The minimum Gasteiger partial charge on any atom is -0.481 e. The zero-order chi connectivity index (χ0) is 25.0. The van der Waals surface area contributed by atoms with Gasteiger partial charge in [0.15, 0.2) is 6.19 Å². The Bertz CT molecular complexity index is 1060. The van der Waals surface area contributed by atoms with Crippen molar-refractivity contribution in [3.05, 3.63) is 29.0 Å². The molecule has 0 radical (unpaired) electrons. The summed E-state index contributed by atoms with van der Waals surface area (Å²) < 4.78 is 13.5. The number of hydrogen-bond acceptors (Lipinski definition) is 5. The molecule has 4 bridgehead atoms. The molecule has 1 aromatic rings. The largest absolute Gasteiger partial charge is 0.481 e. The predicted octanol–water partition coefficient (Wildman–Crippen LogP) is 4.13. The van der Waals surface area contributed by atoms with Crippen LogP contribution in [0.15, 0.2) is 23.2 Å². The van der Waals surface area contributed by atoms with E-state index < -0.39 is 16.9 Å². The van der Waals surface area contributed by atoms with Crippen LogP contribution in [-0.2, 0) is 4.79 Å². The molecular weight excluding hydrogens is 469 g/mol. The van der Waals surface area contributed by atoms with Crippen molar-refractivity contribution in [1.82, 2.24) is 10.2 Å². The van der Waals surface area contributed by atoms with Crippen molar-refractivity contribution in [2.75, 3.05) is 31.1 Å². The number of rotatable bonds is 5. The summed E-state index contributed by atoms with van der Waals surface area (Å²) in [5, 5.41) is 22.8. The average molecular weight is 502 g/mol. The molecule has 35 heavy (non-hydrogen) atoms. The molecule has 9 heteroatoms. The van der Waals surface area contributed by atoms with E-state index in [4.69, 9.17) is 16.6 Å². The lowest BCUT2D eigenvalue weighted by Crippen LogP contribution is -2.61. The second-order valence-electron chi connectivity index (χ2n) is 11.4. The molecule has 4 aliphatic carbocycles. The van der Waals surface area contributed by atoms with Gasteiger partial charge in [-0.15, -0.1) is 0 Å². The SMILES string of the molecule is CC(C)(C(=NC1C2CC3CC1CC(C(=O)O)(C3)C2)NC#N)N1CCN(c2ccc(F)cc2Cl)CC1. The van der Waals surface area contributed by atoms with Gasteiger partial charge in [-0.3, -0.25) is 20.0 Å². The maximum atomic E-state index is 13.5. The molecule has 1 heterocycles. The fraction of sp³-hybridized carbons (Fsp3) is 0.654. The first kappa shape index (κ1) is 24.3. The van der Waals surface area contributed by atoms with E-state index in [-0.39, 0.29) is 23.7 Å². The van der Waals surface area contributed by atoms with Gasteiger partial charge in [-0.25, -0.2) is 4.39 Å². The quantitative estimate of drug-likeness (QED) is 0.273. The van der Waals surface area contributed by atoms with Crippen LogP contribution in [0.25, 0.3) is 0 Å². The van der Waals surface area contributed by atoms with Gasteiger partial charge in [0.05, 0.1) is 27.7 Å². The highest BCUT2D eigenvalue weighted by Gasteiger charge is 2.59. The average Bonchev–Trinajstić information content (AvgIpc) is 2.80. The number of piperazine rings is 1. The molecule has 0 aromatic heterocycles. The Morgan fingerprint density at radius 1 is 1.23 bits per heavy atom. The normalized spacial score (nSPS) is 33.0. The predicted molar refractivity (Wildman–Crippen MR) is 133 cm³/mol. The Labute approximate surface area is 210 Å². The van der Waals surface area contributed by atoms with Gasteiger partial charge in [0.25, 0.3) is 0 Å². The van der Waals surface area contributed by atoms with Crippen LogP contribution in [0.2, 0.25) is 5.02 Å². The summed E-state index contributed by atoms with van der Waals surface area (Å²) in [6.45, 7) is 7.12.